The van der Waals surface area contributed by atoms with Crippen LogP contribution in [0.25, 0.3) is 5.69 Å². The second-order valence-electron chi connectivity index (χ2n) is 6.05. The monoisotopic (exact) mass is 343 g/mol. The summed E-state index contributed by atoms with van der Waals surface area (Å²) >= 11 is 0. The van der Waals surface area contributed by atoms with Crippen LogP contribution in [0.4, 0.5) is 0 Å². The average Bonchev–Trinajstić information content (AvgIpc) is 3.27. The minimum Gasteiger partial charge on any atom is -0.489 e. The first-order chi connectivity index (χ1) is 12.1. The molecule has 1 aromatic carbocycles. The van der Waals surface area contributed by atoms with Gasteiger partial charge in [0.2, 0.25) is 0 Å². The first kappa shape index (κ1) is 17.0. The Hall–Kier alpha value is -2.83. The van der Waals surface area contributed by atoms with Crippen LogP contribution in [-0.4, -0.2) is 51.4 Å². The van der Waals surface area contributed by atoms with Gasteiger partial charge in [0.25, 0.3) is 5.91 Å². The molecule has 1 amide bonds. The predicted octanol–water partition coefficient (Wildman–Crippen LogP) is 2.21. The van der Waals surface area contributed by atoms with Crippen LogP contribution in [0.3, 0.4) is 0 Å². The van der Waals surface area contributed by atoms with Crippen LogP contribution in [0.15, 0.2) is 36.5 Å². The number of carboxylic acid groups (broad SMARTS) is 1. The molecule has 0 radical (unpaired) electrons. The number of amides is 1. The first-order valence-electron chi connectivity index (χ1n) is 8.40. The van der Waals surface area contributed by atoms with Crippen molar-refractivity contribution in [2.45, 2.75) is 19.8 Å². The van der Waals surface area contributed by atoms with Crippen LogP contribution in [0.1, 0.15) is 30.3 Å². The summed E-state index contributed by atoms with van der Waals surface area (Å²) in [5.74, 6) is -1.24. The number of ether oxygens (including phenoxy) is 1. The van der Waals surface area contributed by atoms with Crippen molar-refractivity contribution in [1.29, 1.82) is 0 Å². The highest BCUT2D eigenvalue weighted by Crippen LogP contribution is 2.25. The number of likely N-dealkylation sites (tertiary alicyclic amines) is 1. The number of para-hydroxylation sites is 1. The number of hydrogen-bond donors (Lipinski definition) is 1. The Labute approximate surface area is 145 Å². The maximum Gasteiger partial charge on any atom is 0.308 e. The molecule has 25 heavy (non-hydrogen) atoms. The molecule has 1 aliphatic heterocycles. The summed E-state index contributed by atoms with van der Waals surface area (Å²) < 4.78 is 7.31. The number of aromatic nitrogens is 2. The predicted molar refractivity (Wildman–Crippen MR) is 91.0 cm³/mol. The lowest BCUT2D eigenvalue weighted by molar-refractivity contribution is -0.141. The van der Waals surface area contributed by atoms with Crippen LogP contribution in [0, 0.1) is 5.92 Å². The van der Waals surface area contributed by atoms with E-state index in [2.05, 4.69) is 5.10 Å². The van der Waals surface area contributed by atoms with Crippen molar-refractivity contribution in [3.8, 4) is 11.4 Å². The van der Waals surface area contributed by atoms with E-state index in [0.29, 0.717) is 25.3 Å². The van der Waals surface area contributed by atoms with Crippen molar-refractivity contribution in [3.63, 3.8) is 0 Å². The lowest BCUT2D eigenvalue weighted by Gasteiger charge is -2.15. The summed E-state index contributed by atoms with van der Waals surface area (Å²) in [4.78, 5) is 25.5. The van der Waals surface area contributed by atoms with Crippen LogP contribution >= 0.6 is 0 Å². The summed E-state index contributed by atoms with van der Waals surface area (Å²) in [6, 6.07) is 9.47. The second-order valence-corrected chi connectivity index (χ2v) is 6.05. The molecule has 0 saturated carbocycles. The molecule has 0 aliphatic carbocycles. The normalized spacial score (nSPS) is 16.8. The molecule has 2 heterocycles. The van der Waals surface area contributed by atoms with Crippen LogP contribution in [0.5, 0.6) is 5.75 Å². The van der Waals surface area contributed by atoms with E-state index in [1.807, 2.05) is 37.3 Å². The van der Waals surface area contributed by atoms with E-state index >= 15 is 0 Å². The number of carbonyl (C=O) groups is 2. The third-order valence-electron chi connectivity index (χ3n) is 4.19. The Balaban J connectivity index is 1.87. The summed E-state index contributed by atoms with van der Waals surface area (Å²) in [7, 11) is 0. The number of aliphatic carboxylic acids is 1. The molecule has 2 aromatic rings. The Morgan fingerprint density at radius 3 is 2.72 bits per heavy atom. The molecule has 0 bridgehead atoms. The lowest BCUT2D eigenvalue weighted by Crippen LogP contribution is -2.30. The fourth-order valence-corrected chi connectivity index (χ4v) is 2.83. The van der Waals surface area contributed by atoms with Gasteiger partial charge in [-0.3, -0.25) is 9.59 Å². The fourth-order valence-electron chi connectivity index (χ4n) is 2.83. The number of hydrogen-bond acceptors (Lipinski definition) is 4. The maximum absolute atomic E-state index is 12.8. The largest absolute Gasteiger partial charge is 0.489 e. The number of carboxylic acids is 1. The summed E-state index contributed by atoms with van der Waals surface area (Å²) in [5.41, 5.74) is 1.05. The van der Waals surface area contributed by atoms with Gasteiger partial charge in [-0.25, -0.2) is 4.68 Å². The van der Waals surface area contributed by atoms with Gasteiger partial charge in [-0.15, -0.1) is 0 Å². The molecule has 0 spiro atoms. The van der Waals surface area contributed by atoms with Crippen molar-refractivity contribution in [2.75, 3.05) is 19.7 Å². The highest BCUT2D eigenvalue weighted by molar-refractivity contribution is 5.95. The van der Waals surface area contributed by atoms with E-state index < -0.39 is 11.9 Å². The Morgan fingerprint density at radius 2 is 2.08 bits per heavy atom. The number of rotatable bonds is 6. The highest BCUT2D eigenvalue weighted by atomic mass is 16.5. The molecule has 1 atom stereocenters. The maximum atomic E-state index is 12.8. The molecule has 1 fully saturated rings. The quantitative estimate of drug-likeness (QED) is 0.869. The minimum absolute atomic E-state index is 0.208. The lowest BCUT2D eigenvalue weighted by atomic mass is 10.1. The molecular formula is C18H21N3O4. The third kappa shape index (κ3) is 3.65. The summed E-state index contributed by atoms with van der Waals surface area (Å²) in [6.45, 7) is 3.10. The van der Waals surface area contributed by atoms with Crippen molar-refractivity contribution in [1.82, 2.24) is 14.7 Å². The van der Waals surface area contributed by atoms with Gasteiger partial charge in [-0.05, 0) is 25.0 Å². The molecule has 7 nitrogen and oxygen atoms in total. The first-order valence-corrected chi connectivity index (χ1v) is 8.40. The Bertz CT molecular complexity index is 757. The van der Waals surface area contributed by atoms with Crippen molar-refractivity contribution >= 4 is 11.9 Å². The molecule has 132 valence electrons. The van der Waals surface area contributed by atoms with Gasteiger partial charge in [-0.2, -0.15) is 5.10 Å². The fraction of sp³-hybridized carbons (Fsp3) is 0.389. The standard InChI is InChI=1S/C18H21N3O4/c1-2-10-25-15-12-21(14-6-4-3-5-7-14)19-16(15)17(22)20-9-8-13(11-20)18(23)24/h3-7,12-13H,2,8-11H2,1H3,(H,23,24). The van der Waals surface area contributed by atoms with Crippen molar-refractivity contribution < 1.29 is 19.4 Å². The number of carbonyl (C=O) groups excluding carboxylic acids is 1. The van der Waals surface area contributed by atoms with E-state index in [1.165, 1.54) is 4.90 Å². The van der Waals surface area contributed by atoms with E-state index in [1.54, 1.807) is 10.9 Å². The molecular weight excluding hydrogens is 322 g/mol. The SMILES string of the molecule is CCCOc1cn(-c2ccccc2)nc1C(=O)N1CCC(C(=O)O)C1. The molecule has 1 aliphatic rings. The van der Waals surface area contributed by atoms with Crippen LogP contribution in [-0.2, 0) is 4.79 Å². The smallest absolute Gasteiger partial charge is 0.308 e. The van der Waals surface area contributed by atoms with Gasteiger partial charge < -0.3 is 14.7 Å². The molecule has 3 rings (SSSR count). The van der Waals surface area contributed by atoms with Gasteiger partial charge in [0.1, 0.15) is 0 Å². The van der Waals surface area contributed by atoms with Gasteiger partial charge in [0, 0.05) is 13.1 Å². The minimum atomic E-state index is -0.868. The van der Waals surface area contributed by atoms with Crippen molar-refractivity contribution in [2.24, 2.45) is 5.92 Å². The molecule has 1 N–H and O–H groups in total. The molecule has 1 unspecified atom stereocenters. The zero-order valence-electron chi connectivity index (χ0n) is 14.1. The third-order valence-corrected chi connectivity index (χ3v) is 4.19. The van der Waals surface area contributed by atoms with E-state index in [0.717, 1.165) is 12.1 Å². The summed E-state index contributed by atoms with van der Waals surface area (Å²) in [6.07, 6.45) is 2.98. The van der Waals surface area contributed by atoms with E-state index in [9.17, 15) is 9.59 Å². The second kappa shape index (κ2) is 7.38. The van der Waals surface area contributed by atoms with Gasteiger partial charge in [0.15, 0.2) is 11.4 Å². The summed E-state index contributed by atoms with van der Waals surface area (Å²) in [5, 5.41) is 13.5. The van der Waals surface area contributed by atoms with Gasteiger partial charge in [0.05, 0.1) is 24.4 Å². The Kier molecular flexibility index (Phi) is 5.02. The Morgan fingerprint density at radius 1 is 1.32 bits per heavy atom. The molecule has 7 heteroatoms. The average molecular weight is 343 g/mol. The number of benzene rings is 1. The highest BCUT2D eigenvalue weighted by Gasteiger charge is 2.33. The molecule has 1 aromatic heterocycles. The van der Waals surface area contributed by atoms with Crippen LogP contribution < -0.4 is 4.74 Å². The van der Waals surface area contributed by atoms with E-state index in [4.69, 9.17) is 9.84 Å². The zero-order chi connectivity index (χ0) is 17.8. The van der Waals surface area contributed by atoms with E-state index in [-0.39, 0.29) is 18.1 Å². The van der Waals surface area contributed by atoms with Gasteiger partial charge >= 0.3 is 5.97 Å². The van der Waals surface area contributed by atoms with Crippen LogP contribution in [0.2, 0.25) is 0 Å². The number of nitrogens with zero attached hydrogens (tertiary/aromatic N) is 3. The molecule has 1 saturated heterocycles. The van der Waals surface area contributed by atoms with Gasteiger partial charge in [-0.1, -0.05) is 25.1 Å². The zero-order valence-corrected chi connectivity index (χ0v) is 14.1. The topological polar surface area (TPSA) is 84.7 Å². The van der Waals surface area contributed by atoms with Crippen molar-refractivity contribution in [3.05, 3.63) is 42.2 Å².